The van der Waals surface area contributed by atoms with Crippen LogP contribution in [0.1, 0.15) is 19.8 Å². The Morgan fingerprint density at radius 3 is 2.31 bits per heavy atom. The van der Waals surface area contributed by atoms with Crippen LogP contribution in [0, 0.1) is 5.92 Å². The number of likely N-dealkylation sites (N-methyl/N-ethyl adjacent to an activating group) is 1. The van der Waals surface area contributed by atoms with Crippen molar-refractivity contribution >= 4 is 9.84 Å². The fraction of sp³-hybridized carbons (Fsp3) is 1.00. The second-order valence-electron chi connectivity index (χ2n) is 5.27. The smallest absolute Gasteiger partial charge is 0.148 e. The van der Waals surface area contributed by atoms with Crippen LogP contribution in [0.5, 0.6) is 0 Å². The van der Waals surface area contributed by atoms with Gasteiger partial charge in [-0.25, -0.2) is 8.42 Å². The quantitative estimate of drug-likeness (QED) is 0.706. The standard InChI is InChI=1S/C11H24N2O2S/c1-9(8-16(4,14)15)12-7-11(13(2)3)10-5-6-10/h9-12H,5-8H2,1-4H3. The summed E-state index contributed by atoms with van der Waals surface area (Å²) in [4.78, 5) is 2.23. The monoisotopic (exact) mass is 248 g/mol. The molecule has 0 aromatic heterocycles. The summed E-state index contributed by atoms with van der Waals surface area (Å²) in [6, 6.07) is 0.582. The molecule has 1 saturated carbocycles. The van der Waals surface area contributed by atoms with Crippen molar-refractivity contribution in [2.24, 2.45) is 5.92 Å². The van der Waals surface area contributed by atoms with Gasteiger partial charge in [0.2, 0.25) is 0 Å². The first-order chi connectivity index (χ1) is 7.29. The fourth-order valence-corrected chi connectivity index (χ4v) is 3.11. The number of sulfone groups is 1. The van der Waals surface area contributed by atoms with Gasteiger partial charge < -0.3 is 10.2 Å². The molecule has 5 heteroatoms. The Hall–Kier alpha value is -0.130. The van der Waals surface area contributed by atoms with E-state index in [1.54, 1.807) is 0 Å². The summed E-state index contributed by atoms with van der Waals surface area (Å²) in [5.41, 5.74) is 0. The van der Waals surface area contributed by atoms with Crippen molar-refractivity contribution < 1.29 is 8.42 Å². The van der Waals surface area contributed by atoms with Gasteiger partial charge in [-0.05, 0) is 39.8 Å². The lowest BCUT2D eigenvalue weighted by Gasteiger charge is -2.26. The molecule has 4 nitrogen and oxygen atoms in total. The Morgan fingerprint density at radius 1 is 1.38 bits per heavy atom. The Kier molecular flexibility index (Phi) is 4.76. The van der Waals surface area contributed by atoms with Crippen LogP contribution < -0.4 is 5.32 Å². The van der Waals surface area contributed by atoms with Crippen molar-refractivity contribution in [3.05, 3.63) is 0 Å². The molecule has 0 aliphatic heterocycles. The molecule has 0 bridgehead atoms. The first-order valence-electron chi connectivity index (χ1n) is 5.87. The second-order valence-corrected chi connectivity index (χ2v) is 7.45. The van der Waals surface area contributed by atoms with Crippen LogP contribution in [0.4, 0.5) is 0 Å². The highest BCUT2D eigenvalue weighted by molar-refractivity contribution is 7.90. The zero-order chi connectivity index (χ0) is 12.3. The van der Waals surface area contributed by atoms with E-state index < -0.39 is 9.84 Å². The summed E-state index contributed by atoms with van der Waals surface area (Å²) in [5.74, 6) is 1.02. The molecular weight excluding hydrogens is 224 g/mol. The van der Waals surface area contributed by atoms with E-state index in [4.69, 9.17) is 0 Å². The molecule has 1 aliphatic carbocycles. The highest BCUT2D eigenvalue weighted by Gasteiger charge is 2.32. The van der Waals surface area contributed by atoms with E-state index in [2.05, 4.69) is 24.3 Å². The van der Waals surface area contributed by atoms with Gasteiger partial charge in [-0.15, -0.1) is 0 Å². The third-order valence-electron chi connectivity index (χ3n) is 3.06. The maximum atomic E-state index is 11.1. The van der Waals surface area contributed by atoms with Crippen molar-refractivity contribution in [1.29, 1.82) is 0 Å². The van der Waals surface area contributed by atoms with Crippen molar-refractivity contribution in [3.63, 3.8) is 0 Å². The molecule has 96 valence electrons. The van der Waals surface area contributed by atoms with E-state index in [9.17, 15) is 8.42 Å². The molecule has 1 aliphatic rings. The SMILES string of the molecule is CC(CS(C)(=O)=O)NCC(C1CC1)N(C)C. The lowest BCUT2D eigenvalue weighted by molar-refractivity contribution is 0.251. The zero-order valence-corrected chi connectivity index (χ0v) is 11.5. The van der Waals surface area contributed by atoms with Crippen LogP contribution in [0.2, 0.25) is 0 Å². The van der Waals surface area contributed by atoms with Gasteiger partial charge in [0.1, 0.15) is 9.84 Å². The van der Waals surface area contributed by atoms with E-state index in [0.29, 0.717) is 6.04 Å². The van der Waals surface area contributed by atoms with Crippen molar-refractivity contribution in [2.75, 3.05) is 32.6 Å². The molecule has 0 saturated heterocycles. The summed E-state index contributed by atoms with van der Waals surface area (Å²) >= 11 is 0. The largest absolute Gasteiger partial charge is 0.312 e. The maximum Gasteiger partial charge on any atom is 0.148 e. The molecule has 1 N–H and O–H groups in total. The van der Waals surface area contributed by atoms with Gasteiger partial charge >= 0.3 is 0 Å². The minimum absolute atomic E-state index is 0.0381. The van der Waals surface area contributed by atoms with E-state index in [1.807, 2.05) is 6.92 Å². The predicted molar refractivity (Wildman–Crippen MR) is 67.4 cm³/mol. The van der Waals surface area contributed by atoms with Crippen LogP contribution in [-0.4, -0.2) is 58.1 Å². The lowest BCUT2D eigenvalue weighted by atomic mass is 10.1. The molecule has 0 amide bonds. The highest BCUT2D eigenvalue weighted by atomic mass is 32.2. The van der Waals surface area contributed by atoms with Gasteiger partial charge in [0.25, 0.3) is 0 Å². The third kappa shape index (κ3) is 5.27. The van der Waals surface area contributed by atoms with E-state index in [0.717, 1.165) is 12.5 Å². The number of hydrogen-bond acceptors (Lipinski definition) is 4. The molecule has 16 heavy (non-hydrogen) atoms. The highest BCUT2D eigenvalue weighted by Crippen LogP contribution is 2.34. The van der Waals surface area contributed by atoms with E-state index in [-0.39, 0.29) is 11.8 Å². The molecule has 1 rings (SSSR count). The average Bonchev–Trinajstić information content (AvgIpc) is 2.83. The van der Waals surface area contributed by atoms with Gasteiger partial charge in [-0.3, -0.25) is 0 Å². The molecular formula is C11H24N2O2S. The van der Waals surface area contributed by atoms with E-state index in [1.165, 1.54) is 19.1 Å². The normalized spacial score (nSPS) is 21.1. The number of hydrogen-bond donors (Lipinski definition) is 1. The predicted octanol–water partition coefficient (Wildman–Crippen LogP) is 0.349. The molecule has 0 heterocycles. The lowest BCUT2D eigenvalue weighted by Crippen LogP contribution is -2.44. The van der Waals surface area contributed by atoms with Crippen LogP contribution in [0.25, 0.3) is 0 Å². The Morgan fingerprint density at radius 2 is 1.94 bits per heavy atom. The molecule has 0 spiro atoms. The molecule has 1 fully saturated rings. The van der Waals surface area contributed by atoms with Crippen LogP contribution in [0.15, 0.2) is 0 Å². The van der Waals surface area contributed by atoms with Gasteiger partial charge in [0, 0.05) is 24.9 Å². The van der Waals surface area contributed by atoms with Gasteiger partial charge in [0.05, 0.1) is 5.75 Å². The number of nitrogens with one attached hydrogen (secondary N) is 1. The first kappa shape index (κ1) is 13.9. The summed E-state index contributed by atoms with van der Waals surface area (Å²) in [5, 5.41) is 3.32. The third-order valence-corrected chi connectivity index (χ3v) is 4.16. The maximum absolute atomic E-state index is 11.1. The molecule has 2 unspecified atom stereocenters. The van der Waals surface area contributed by atoms with Crippen molar-refractivity contribution in [2.45, 2.75) is 31.8 Å². The minimum Gasteiger partial charge on any atom is -0.312 e. The fourth-order valence-electron chi connectivity index (χ4n) is 2.09. The Labute approximate surface area is 99.3 Å². The topological polar surface area (TPSA) is 49.4 Å². The zero-order valence-electron chi connectivity index (χ0n) is 10.7. The number of nitrogens with zero attached hydrogens (tertiary/aromatic N) is 1. The van der Waals surface area contributed by atoms with Crippen LogP contribution in [0.3, 0.4) is 0 Å². The molecule has 0 radical (unpaired) electrons. The number of rotatable bonds is 7. The van der Waals surface area contributed by atoms with E-state index >= 15 is 0 Å². The van der Waals surface area contributed by atoms with Gasteiger partial charge in [-0.1, -0.05) is 0 Å². The summed E-state index contributed by atoms with van der Waals surface area (Å²) in [6.45, 7) is 2.81. The van der Waals surface area contributed by atoms with Crippen molar-refractivity contribution in [3.8, 4) is 0 Å². The molecule has 2 atom stereocenters. The average molecular weight is 248 g/mol. The summed E-state index contributed by atoms with van der Waals surface area (Å²) in [6.07, 6.45) is 3.91. The van der Waals surface area contributed by atoms with Crippen molar-refractivity contribution in [1.82, 2.24) is 10.2 Å². The van der Waals surface area contributed by atoms with Crippen LogP contribution in [-0.2, 0) is 9.84 Å². The van der Waals surface area contributed by atoms with Gasteiger partial charge in [-0.2, -0.15) is 0 Å². The minimum atomic E-state index is -2.87. The van der Waals surface area contributed by atoms with Gasteiger partial charge in [0.15, 0.2) is 0 Å². The molecule has 0 aromatic carbocycles. The first-order valence-corrected chi connectivity index (χ1v) is 7.93. The Balaban J connectivity index is 2.31. The summed E-state index contributed by atoms with van der Waals surface area (Å²) in [7, 11) is 1.31. The van der Waals surface area contributed by atoms with Crippen LogP contribution >= 0.6 is 0 Å². The summed E-state index contributed by atoms with van der Waals surface area (Å²) < 4.78 is 22.2. The Bertz CT molecular complexity index is 308. The second kappa shape index (κ2) is 5.47. The molecule has 0 aromatic rings.